The van der Waals surface area contributed by atoms with Crippen molar-refractivity contribution in [3.8, 4) is 5.75 Å². The summed E-state index contributed by atoms with van der Waals surface area (Å²) in [5.41, 5.74) is 2.88. The number of β-amino-alcohol motifs (C(OH)–C–C–N with tert-alkyl or cyclic N) is 1. The van der Waals surface area contributed by atoms with E-state index in [4.69, 9.17) is 4.74 Å². The Balaban J connectivity index is 1.27. The van der Waals surface area contributed by atoms with E-state index in [9.17, 15) is 18.7 Å². The topological polar surface area (TPSA) is 77.9 Å². The molecule has 0 spiro atoms. The number of aryl methyl sites for hydroxylation is 1. The number of carbonyl (C=O) groups excluding carboxylic acids is 1. The summed E-state index contributed by atoms with van der Waals surface area (Å²) in [6.07, 6.45) is -0.933. The molecule has 1 saturated heterocycles. The fourth-order valence-electron chi connectivity index (χ4n) is 4.44. The lowest BCUT2D eigenvalue weighted by Gasteiger charge is -2.37. The molecule has 1 amide bonds. The van der Waals surface area contributed by atoms with Gasteiger partial charge in [-0.15, -0.1) is 0 Å². The van der Waals surface area contributed by atoms with Crippen molar-refractivity contribution in [1.82, 2.24) is 9.88 Å². The Morgan fingerprint density at radius 1 is 1.15 bits per heavy atom. The first-order chi connectivity index (χ1) is 15.9. The van der Waals surface area contributed by atoms with Crippen LogP contribution in [0.4, 0.5) is 20.2 Å². The molecule has 5 rings (SSSR count). The van der Waals surface area contributed by atoms with Gasteiger partial charge in [-0.25, -0.2) is 8.78 Å². The van der Waals surface area contributed by atoms with Crippen molar-refractivity contribution in [2.45, 2.75) is 13.0 Å². The molecule has 2 N–H and O–H groups in total. The minimum atomic E-state index is -0.933. The standard InChI is InChI=1S/C24H24F2N4O3/c1-14-2-3-17-19(27-14)10-16(25)11-21(17)30-6-4-29(5-7-30)12-22(31)15-8-18(26)24-20(9-15)28-23(32)13-33-24/h2-3,8-11,22,31H,4-7,12-13H2,1H3,(H,28,32). The van der Waals surface area contributed by atoms with Crippen LogP contribution in [0.25, 0.3) is 10.9 Å². The summed E-state index contributed by atoms with van der Waals surface area (Å²) in [6.45, 7) is 4.58. The minimum absolute atomic E-state index is 0.00818. The molecule has 172 valence electrons. The first-order valence-corrected chi connectivity index (χ1v) is 10.9. The van der Waals surface area contributed by atoms with E-state index >= 15 is 0 Å². The number of nitrogens with zero attached hydrogens (tertiary/aromatic N) is 3. The van der Waals surface area contributed by atoms with Crippen LogP contribution in [0, 0.1) is 18.6 Å². The molecular formula is C24H24F2N4O3. The van der Waals surface area contributed by atoms with E-state index in [0.717, 1.165) is 16.8 Å². The zero-order valence-electron chi connectivity index (χ0n) is 18.1. The van der Waals surface area contributed by atoms with Crippen molar-refractivity contribution in [3.05, 3.63) is 59.3 Å². The predicted octanol–water partition coefficient (Wildman–Crippen LogP) is 3.01. The molecule has 2 aliphatic rings. The van der Waals surface area contributed by atoms with Crippen LogP contribution in [0.5, 0.6) is 5.75 Å². The summed E-state index contributed by atoms with van der Waals surface area (Å²) in [6, 6.07) is 9.66. The summed E-state index contributed by atoms with van der Waals surface area (Å²) in [5.74, 6) is -1.31. The highest BCUT2D eigenvalue weighted by molar-refractivity contribution is 5.95. The zero-order chi connectivity index (χ0) is 23.1. The van der Waals surface area contributed by atoms with E-state index < -0.39 is 11.9 Å². The van der Waals surface area contributed by atoms with Gasteiger partial charge >= 0.3 is 0 Å². The number of ether oxygens (including phenoxy) is 1. The molecule has 2 aromatic carbocycles. The Morgan fingerprint density at radius 2 is 1.94 bits per heavy atom. The second kappa shape index (κ2) is 8.57. The van der Waals surface area contributed by atoms with Gasteiger partial charge in [0, 0.05) is 55.6 Å². The summed E-state index contributed by atoms with van der Waals surface area (Å²) in [4.78, 5) is 20.2. The highest BCUT2D eigenvalue weighted by Crippen LogP contribution is 2.34. The Labute approximate surface area is 189 Å². The maximum atomic E-state index is 14.4. The monoisotopic (exact) mass is 454 g/mol. The first kappa shape index (κ1) is 21.5. The van der Waals surface area contributed by atoms with Crippen molar-refractivity contribution >= 4 is 28.2 Å². The van der Waals surface area contributed by atoms with Gasteiger partial charge in [0.25, 0.3) is 5.91 Å². The first-order valence-electron chi connectivity index (χ1n) is 10.9. The quantitative estimate of drug-likeness (QED) is 0.631. The van der Waals surface area contributed by atoms with Gasteiger partial charge in [0.2, 0.25) is 0 Å². The van der Waals surface area contributed by atoms with Gasteiger partial charge < -0.3 is 20.1 Å². The number of rotatable bonds is 4. The van der Waals surface area contributed by atoms with Crippen LogP contribution in [0.3, 0.4) is 0 Å². The van der Waals surface area contributed by atoms with Crippen LogP contribution < -0.4 is 15.0 Å². The van der Waals surface area contributed by atoms with Crippen molar-refractivity contribution < 1.29 is 23.4 Å². The maximum Gasteiger partial charge on any atom is 0.262 e. The normalized spacial score (nSPS) is 17.5. The summed E-state index contributed by atoms with van der Waals surface area (Å²) < 4.78 is 33.7. The van der Waals surface area contributed by atoms with E-state index in [-0.39, 0.29) is 29.8 Å². The lowest BCUT2D eigenvalue weighted by atomic mass is 10.1. The van der Waals surface area contributed by atoms with Gasteiger partial charge in [0.15, 0.2) is 18.2 Å². The Morgan fingerprint density at radius 3 is 2.73 bits per heavy atom. The van der Waals surface area contributed by atoms with E-state index in [1.54, 1.807) is 6.07 Å². The molecule has 2 aliphatic heterocycles. The van der Waals surface area contributed by atoms with Crippen LogP contribution in [-0.4, -0.2) is 60.2 Å². The van der Waals surface area contributed by atoms with Crippen LogP contribution in [-0.2, 0) is 4.79 Å². The van der Waals surface area contributed by atoms with Crippen molar-refractivity contribution in [2.75, 3.05) is 49.5 Å². The molecule has 0 aliphatic carbocycles. The van der Waals surface area contributed by atoms with E-state index in [2.05, 4.69) is 20.1 Å². The number of aliphatic hydroxyl groups excluding tert-OH is 1. The van der Waals surface area contributed by atoms with Crippen molar-refractivity contribution in [2.24, 2.45) is 0 Å². The molecule has 3 heterocycles. The molecule has 0 radical (unpaired) electrons. The number of hydrogen-bond acceptors (Lipinski definition) is 6. The molecule has 1 aromatic heterocycles. The molecule has 9 heteroatoms. The lowest BCUT2D eigenvalue weighted by molar-refractivity contribution is -0.118. The van der Waals surface area contributed by atoms with Crippen molar-refractivity contribution in [3.63, 3.8) is 0 Å². The average Bonchev–Trinajstić information content (AvgIpc) is 2.78. The second-order valence-electron chi connectivity index (χ2n) is 8.46. The Hall–Kier alpha value is -3.30. The summed E-state index contributed by atoms with van der Waals surface area (Å²) in [7, 11) is 0. The van der Waals surface area contributed by atoms with Crippen LogP contribution in [0.15, 0.2) is 36.4 Å². The number of piperazine rings is 1. The third-order valence-corrected chi connectivity index (χ3v) is 6.11. The number of pyridine rings is 1. The minimum Gasteiger partial charge on any atom is -0.478 e. The van der Waals surface area contributed by atoms with Gasteiger partial charge in [-0.1, -0.05) is 0 Å². The molecule has 1 unspecified atom stereocenters. The smallest absolute Gasteiger partial charge is 0.262 e. The number of benzene rings is 2. The number of hydrogen-bond donors (Lipinski definition) is 2. The highest BCUT2D eigenvalue weighted by Gasteiger charge is 2.25. The molecular weight excluding hydrogens is 430 g/mol. The van der Waals surface area contributed by atoms with Gasteiger partial charge in [0.05, 0.1) is 17.3 Å². The van der Waals surface area contributed by atoms with Crippen LogP contribution >= 0.6 is 0 Å². The average molecular weight is 454 g/mol. The molecule has 33 heavy (non-hydrogen) atoms. The lowest BCUT2D eigenvalue weighted by Crippen LogP contribution is -2.47. The number of halogens is 2. The molecule has 7 nitrogen and oxygen atoms in total. The molecule has 0 saturated carbocycles. The summed E-state index contributed by atoms with van der Waals surface area (Å²) >= 11 is 0. The molecule has 0 bridgehead atoms. The number of fused-ring (bicyclic) bond motifs is 2. The fraction of sp³-hybridized carbons (Fsp3) is 0.333. The van der Waals surface area contributed by atoms with Gasteiger partial charge in [-0.05, 0) is 42.8 Å². The van der Waals surface area contributed by atoms with Gasteiger partial charge in [-0.3, -0.25) is 14.7 Å². The number of nitrogens with one attached hydrogen (secondary N) is 1. The van der Waals surface area contributed by atoms with E-state index in [1.165, 1.54) is 18.2 Å². The molecule has 3 aromatic rings. The number of carbonyl (C=O) groups is 1. The Bertz CT molecular complexity index is 1220. The molecule has 1 atom stereocenters. The third-order valence-electron chi connectivity index (χ3n) is 6.11. The number of amides is 1. The highest BCUT2D eigenvalue weighted by atomic mass is 19.1. The zero-order valence-corrected chi connectivity index (χ0v) is 18.1. The van der Waals surface area contributed by atoms with Gasteiger partial charge in [-0.2, -0.15) is 0 Å². The number of aliphatic hydroxyl groups is 1. The van der Waals surface area contributed by atoms with Crippen molar-refractivity contribution in [1.29, 1.82) is 0 Å². The summed E-state index contributed by atoms with van der Waals surface area (Å²) in [5, 5.41) is 14.2. The van der Waals surface area contributed by atoms with Crippen LogP contribution in [0.1, 0.15) is 17.4 Å². The number of aromatic nitrogens is 1. The van der Waals surface area contributed by atoms with Crippen LogP contribution in [0.2, 0.25) is 0 Å². The largest absolute Gasteiger partial charge is 0.478 e. The second-order valence-corrected chi connectivity index (χ2v) is 8.46. The number of anilines is 2. The SMILES string of the molecule is Cc1ccc2c(N3CCN(CC(O)c4cc(F)c5c(c4)NC(=O)CO5)CC3)cc(F)cc2n1. The van der Waals surface area contributed by atoms with Gasteiger partial charge in [0.1, 0.15) is 5.82 Å². The predicted molar refractivity (Wildman–Crippen MR) is 121 cm³/mol. The Kier molecular flexibility index (Phi) is 5.59. The maximum absolute atomic E-state index is 14.4. The third kappa shape index (κ3) is 4.34. The van der Waals surface area contributed by atoms with E-state index in [1.807, 2.05) is 19.1 Å². The van der Waals surface area contributed by atoms with E-state index in [0.29, 0.717) is 43.8 Å². The molecule has 1 fully saturated rings. The fourth-order valence-corrected chi connectivity index (χ4v) is 4.44.